The first-order valence-corrected chi connectivity index (χ1v) is 3.10. The van der Waals surface area contributed by atoms with Gasteiger partial charge in [-0.05, 0) is 12.1 Å². The summed E-state index contributed by atoms with van der Waals surface area (Å²) in [6.07, 6.45) is 0. The Labute approximate surface area is 85.1 Å². The monoisotopic (exact) mass is 188 g/mol. The molecule has 0 heterocycles. The van der Waals surface area contributed by atoms with Gasteiger partial charge < -0.3 is 5.11 Å². The van der Waals surface area contributed by atoms with Crippen LogP contribution in [0.25, 0.3) is 0 Å². The van der Waals surface area contributed by atoms with Crippen LogP contribution in [0.4, 0.5) is 0 Å². The lowest BCUT2D eigenvalue weighted by molar-refractivity contribution is 0.475. The maximum atomic E-state index is 8.88. The number of hydrogen-bond acceptors (Lipinski definition) is 1. The lowest BCUT2D eigenvalue weighted by atomic mass is 10.3. The minimum absolute atomic E-state index is 0. The van der Waals surface area contributed by atoms with Crippen molar-refractivity contribution in [3.05, 3.63) is 28.2 Å². The number of phenolic OH excluding ortho intramolecular Hbond substituents is 1. The largest absolute Gasteiger partial charge is 0.506 e. The predicted molar refractivity (Wildman–Crippen MR) is 46.7 cm³/mol. The molecule has 0 bridgehead atoms. The number of benzene rings is 1. The Balaban J connectivity index is 0.000000810. The summed E-state index contributed by atoms with van der Waals surface area (Å²) in [4.78, 5) is 0. The Morgan fingerprint density at radius 2 is 1.80 bits per heavy atom. The van der Waals surface area contributed by atoms with Crippen LogP contribution < -0.4 is 0 Å². The van der Waals surface area contributed by atoms with Crippen LogP contribution in [0.1, 0.15) is 0 Å². The Morgan fingerprint density at radius 1 is 1.20 bits per heavy atom. The lowest BCUT2D eigenvalue weighted by Gasteiger charge is -1.95. The highest BCUT2D eigenvalue weighted by molar-refractivity contribution is 6.42. The van der Waals surface area contributed by atoms with Crippen molar-refractivity contribution in [1.82, 2.24) is 0 Å². The van der Waals surface area contributed by atoms with Gasteiger partial charge in [0.2, 0.25) is 0 Å². The Hall–Kier alpha value is 0.366. The Kier molecular flexibility index (Phi) is 4.44. The second kappa shape index (κ2) is 4.29. The quantitative estimate of drug-likeness (QED) is 0.617. The molecule has 0 saturated carbocycles. The summed E-state index contributed by atoms with van der Waals surface area (Å²) in [6.45, 7) is 0. The van der Waals surface area contributed by atoms with Crippen LogP contribution in [0.3, 0.4) is 0 Å². The van der Waals surface area contributed by atoms with Gasteiger partial charge in [0, 0.05) is 0 Å². The van der Waals surface area contributed by atoms with Crippen LogP contribution in [-0.2, 0) is 0 Å². The van der Waals surface area contributed by atoms with E-state index in [4.69, 9.17) is 28.3 Å². The predicted octanol–water partition coefficient (Wildman–Crippen LogP) is 1.78. The second-order valence-electron chi connectivity index (χ2n) is 1.57. The van der Waals surface area contributed by atoms with Crippen molar-refractivity contribution in [1.29, 1.82) is 0 Å². The minimum Gasteiger partial charge on any atom is -0.506 e. The van der Waals surface area contributed by atoms with E-state index in [1.54, 1.807) is 12.1 Å². The first kappa shape index (κ1) is 10.4. The van der Waals surface area contributed by atoms with Crippen molar-refractivity contribution in [2.24, 2.45) is 0 Å². The summed E-state index contributed by atoms with van der Waals surface area (Å²) in [5.41, 5.74) is 0. The molecule has 0 spiro atoms. The summed E-state index contributed by atoms with van der Waals surface area (Å²) in [5.74, 6) is 0.0177. The molecule has 0 aromatic heterocycles. The smallest absolute Gasteiger partial charge is 0.316 e. The van der Waals surface area contributed by atoms with Crippen LogP contribution in [-0.4, -0.2) is 28.2 Å². The normalized spacial score (nSPS) is 8.60. The molecule has 0 aliphatic heterocycles. The standard InChI is InChI=1S/C6H4Cl2O.Mg.2H/c7-4-2-1-3-5(9)6(4)8;;;/h1-3,9H;;;. The molecule has 1 aromatic carbocycles. The molecule has 1 aromatic rings. The SMILES string of the molecule is Oc1cccc(Cl)c1Cl.[MgH2]. The third kappa shape index (κ3) is 2.20. The fourth-order valence-corrected chi connectivity index (χ4v) is 0.788. The topological polar surface area (TPSA) is 20.2 Å². The average molecular weight is 189 g/mol. The molecule has 10 heavy (non-hydrogen) atoms. The van der Waals surface area contributed by atoms with Gasteiger partial charge in [0.25, 0.3) is 0 Å². The molecule has 0 atom stereocenters. The fourth-order valence-electron chi connectivity index (χ4n) is 0.492. The van der Waals surface area contributed by atoms with Gasteiger partial charge in [-0.25, -0.2) is 0 Å². The van der Waals surface area contributed by atoms with Crippen molar-refractivity contribution in [3.63, 3.8) is 0 Å². The first-order valence-electron chi connectivity index (χ1n) is 2.35. The zero-order chi connectivity index (χ0) is 6.85. The highest BCUT2D eigenvalue weighted by atomic mass is 35.5. The van der Waals surface area contributed by atoms with Crippen molar-refractivity contribution in [2.75, 3.05) is 0 Å². The van der Waals surface area contributed by atoms with E-state index in [0.717, 1.165) is 0 Å². The second-order valence-corrected chi connectivity index (χ2v) is 2.36. The van der Waals surface area contributed by atoms with Crippen molar-refractivity contribution in [3.8, 4) is 5.75 Å². The molecule has 52 valence electrons. The van der Waals surface area contributed by atoms with E-state index in [2.05, 4.69) is 0 Å². The molecule has 0 saturated heterocycles. The maximum absolute atomic E-state index is 8.88. The van der Waals surface area contributed by atoms with Crippen molar-refractivity contribution < 1.29 is 5.11 Å². The number of phenols is 1. The molecule has 1 nitrogen and oxygen atoms in total. The molecular weight excluding hydrogens is 183 g/mol. The molecule has 0 fully saturated rings. The van der Waals surface area contributed by atoms with E-state index in [0.29, 0.717) is 5.02 Å². The molecule has 0 amide bonds. The molecule has 1 N–H and O–H groups in total. The molecule has 4 heteroatoms. The Bertz CT molecular complexity index is 207. The van der Waals surface area contributed by atoms with E-state index in [1.807, 2.05) is 0 Å². The number of aromatic hydroxyl groups is 1. The summed E-state index contributed by atoms with van der Waals surface area (Å²) in [6, 6.07) is 4.72. The van der Waals surface area contributed by atoms with Crippen molar-refractivity contribution >= 4 is 46.3 Å². The van der Waals surface area contributed by atoms with Crippen LogP contribution >= 0.6 is 23.2 Å². The summed E-state index contributed by atoms with van der Waals surface area (Å²) in [7, 11) is 0. The maximum Gasteiger partial charge on any atom is 0.316 e. The first-order chi connectivity index (χ1) is 4.22. The lowest BCUT2D eigenvalue weighted by Crippen LogP contribution is -1.67. The summed E-state index contributed by atoms with van der Waals surface area (Å²) in [5, 5.41) is 9.46. The van der Waals surface area contributed by atoms with E-state index in [9.17, 15) is 0 Å². The molecule has 0 radical (unpaired) electrons. The van der Waals surface area contributed by atoms with Crippen LogP contribution in [0, 0.1) is 0 Å². The number of hydrogen-bond donors (Lipinski definition) is 1. The Morgan fingerprint density at radius 3 is 2.20 bits per heavy atom. The average Bonchev–Trinajstić information content (AvgIpc) is 1.83. The molecule has 1 rings (SSSR count). The van der Waals surface area contributed by atoms with Gasteiger partial charge in [0.15, 0.2) is 0 Å². The van der Waals surface area contributed by atoms with Gasteiger partial charge in [0.1, 0.15) is 10.8 Å². The van der Waals surface area contributed by atoms with Crippen LogP contribution in [0.15, 0.2) is 18.2 Å². The third-order valence-corrected chi connectivity index (χ3v) is 1.74. The highest BCUT2D eigenvalue weighted by Gasteiger charge is 1.99. The fraction of sp³-hybridized carbons (Fsp3) is 0. The van der Waals surface area contributed by atoms with Gasteiger partial charge in [0.05, 0.1) is 5.02 Å². The molecule has 0 aliphatic carbocycles. The van der Waals surface area contributed by atoms with E-state index in [1.165, 1.54) is 6.07 Å². The van der Waals surface area contributed by atoms with E-state index >= 15 is 0 Å². The van der Waals surface area contributed by atoms with Crippen LogP contribution in [0.5, 0.6) is 5.75 Å². The van der Waals surface area contributed by atoms with E-state index < -0.39 is 0 Å². The minimum atomic E-state index is 0. The van der Waals surface area contributed by atoms with Crippen LogP contribution in [0.2, 0.25) is 10.0 Å². The molecular formula is C6H6Cl2MgO. The zero-order valence-corrected chi connectivity index (χ0v) is 5.95. The number of halogens is 2. The van der Waals surface area contributed by atoms with Gasteiger partial charge in [-0.3, -0.25) is 0 Å². The molecule has 0 unspecified atom stereocenters. The third-order valence-electron chi connectivity index (χ3n) is 0.931. The zero-order valence-electron chi connectivity index (χ0n) is 4.44. The van der Waals surface area contributed by atoms with Gasteiger partial charge in [-0.15, -0.1) is 0 Å². The van der Waals surface area contributed by atoms with E-state index in [-0.39, 0.29) is 33.8 Å². The van der Waals surface area contributed by atoms with Crippen molar-refractivity contribution in [2.45, 2.75) is 0 Å². The van der Waals surface area contributed by atoms with Gasteiger partial charge in [-0.2, -0.15) is 0 Å². The van der Waals surface area contributed by atoms with Gasteiger partial charge >= 0.3 is 23.1 Å². The summed E-state index contributed by atoms with van der Waals surface area (Å²) >= 11 is 11.0. The highest BCUT2D eigenvalue weighted by Crippen LogP contribution is 2.29. The number of rotatable bonds is 0. The molecule has 0 aliphatic rings. The van der Waals surface area contributed by atoms with Gasteiger partial charge in [-0.1, -0.05) is 29.3 Å². The summed E-state index contributed by atoms with van der Waals surface area (Å²) < 4.78 is 0.